The summed E-state index contributed by atoms with van der Waals surface area (Å²) in [5, 5.41) is 2.82. The molecule has 3 aromatic carbocycles. The van der Waals surface area contributed by atoms with Crippen LogP contribution < -0.4 is 10.6 Å². The molecule has 0 saturated carbocycles. The third-order valence-electron chi connectivity index (χ3n) is 4.92. The molecule has 5 heteroatoms. The summed E-state index contributed by atoms with van der Waals surface area (Å²) in [7, 11) is 2.01. The van der Waals surface area contributed by atoms with Crippen LogP contribution in [0.15, 0.2) is 91.0 Å². The van der Waals surface area contributed by atoms with Gasteiger partial charge in [0, 0.05) is 26.7 Å². The van der Waals surface area contributed by atoms with E-state index in [1.807, 2.05) is 0 Å². The average molecular weight is 454 g/mol. The van der Waals surface area contributed by atoms with Crippen LogP contribution in [0.3, 0.4) is 0 Å². The zero-order valence-electron chi connectivity index (χ0n) is 18.4. The summed E-state index contributed by atoms with van der Waals surface area (Å²) in [6.07, 6.45) is 0. The monoisotopic (exact) mass is 454 g/mol. The van der Waals surface area contributed by atoms with E-state index in [0.717, 1.165) is 6.54 Å². The van der Waals surface area contributed by atoms with E-state index in [1.165, 1.54) is 16.2 Å². The van der Waals surface area contributed by atoms with E-state index in [0.29, 0.717) is 12.1 Å². The maximum absolute atomic E-state index is 3.22. The molecule has 0 radical (unpaired) electrons. The van der Waals surface area contributed by atoms with Crippen LogP contribution in [0.2, 0.25) is 0 Å². The Balaban J connectivity index is 2.01. The highest BCUT2D eigenvalue weighted by molar-refractivity contribution is 8.13. The molecule has 3 aromatic rings. The summed E-state index contributed by atoms with van der Waals surface area (Å²) in [4.78, 5) is 0. The predicted molar refractivity (Wildman–Crippen MR) is 140 cm³/mol. The van der Waals surface area contributed by atoms with Crippen LogP contribution in [0.1, 0.15) is 33.3 Å². The molecule has 2 atom stereocenters. The Hall–Kier alpha value is -1.13. The first kappa shape index (κ1) is 23.5. The number of hydrogen-bond donors (Lipinski definition) is 0. The molecule has 0 bridgehead atoms. The fourth-order valence-corrected chi connectivity index (χ4v) is 11.5. The second kappa shape index (κ2) is 11.5. The van der Waals surface area contributed by atoms with Crippen molar-refractivity contribution in [2.75, 3.05) is 0 Å². The van der Waals surface area contributed by atoms with Gasteiger partial charge in [-0.05, 0) is 43.9 Å². The molecule has 158 valence electrons. The van der Waals surface area contributed by atoms with Crippen LogP contribution in [0.4, 0.5) is 0 Å². The third-order valence-corrected chi connectivity index (χ3v) is 12.7. The lowest BCUT2D eigenvalue weighted by Gasteiger charge is -2.45. The van der Waals surface area contributed by atoms with E-state index in [-0.39, 0.29) is 0 Å². The van der Waals surface area contributed by atoms with Gasteiger partial charge in [0.05, 0.1) is 7.91 Å². The second-order valence-electron chi connectivity index (χ2n) is 7.89. The van der Waals surface area contributed by atoms with Gasteiger partial charge in [-0.2, -0.15) is 0 Å². The fourth-order valence-electron chi connectivity index (χ4n) is 3.46. The van der Waals surface area contributed by atoms with Crippen molar-refractivity contribution in [3.63, 3.8) is 0 Å². The first-order chi connectivity index (χ1) is 14.5. The topological polar surface area (TPSA) is 6.48 Å². The zero-order chi connectivity index (χ0) is 21.5. The zero-order valence-corrected chi connectivity index (χ0v) is 21.3. The van der Waals surface area contributed by atoms with Crippen molar-refractivity contribution in [2.24, 2.45) is 0 Å². The van der Waals surface area contributed by atoms with Gasteiger partial charge in [-0.3, -0.25) is 4.67 Å². The Kier molecular flexibility index (Phi) is 9.00. The molecular weight excluding hydrogens is 421 g/mol. The minimum atomic E-state index is -0.625. The first-order valence-electron chi connectivity index (χ1n) is 10.5. The molecule has 2 unspecified atom stereocenters. The molecule has 0 spiro atoms. The second-order valence-corrected chi connectivity index (χ2v) is 13.3. The van der Waals surface area contributed by atoms with Crippen LogP contribution in [-0.2, 0) is 6.54 Å². The van der Waals surface area contributed by atoms with Crippen LogP contribution in [0.25, 0.3) is 0 Å². The van der Waals surface area contributed by atoms with Crippen LogP contribution in [0.5, 0.6) is 0 Å². The third kappa shape index (κ3) is 5.97. The van der Waals surface area contributed by atoms with Gasteiger partial charge in [-0.15, -0.1) is 0 Å². The molecule has 3 rings (SSSR count). The Morgan fingerprint density at radius 2 is 1.10 bits per heavy atom. The lowest BCUT2D eigenvalue weighted by atomic mass is 10.2. The molecule has 0 saturated heterocycles. The van der Waals surface area contributed by atoms with Crippen LogP contribution in [0, 0.1) is 0 Å². The molecule has 0 heterocycles. The van der Waals surface area contributed by atoms with E-state index in [4.69, 9.17) is 0 Å². The molecule has 30 heavy (non-hydrogen) atoms. The summed E-state index contributed by atoms with van der Waals surface area (Å²) in [5.41, 5.74) is 1.37. The molecule has 0 aliphatic heterocycles. The molecule has 0 aliphatic carbocycles. The van der Waals surface area contributed by atoms with Crippen molar-refractivity contribution in [1.82, 2.24) is 9.11 Å². The number of rotatable bonds is 9. The van der Waals surface area contributed by atoms with Gasteiger partial charge in [-0.25, -0.2) is 4.44 Å². The summed E-state index contributed by atoms with van der Waals surface area (Å²) in [5.74, 6) is 0. The number of hydrogen-bond acceptors (Lipinski definition) is 2. The van der Waals surface area contributed by atoms with E-state index < -0.39 is 16.0 Å². The Morgan fingerprint density at radius 1 is 0.667 bits per heavy atom. The fraction of sp³-hybridized carbons (Fsp3) is 0.280. The SMILES string of the molecule is CC(C)N(Cc1ccccc1)P(P)N(C(C)C)P(c1ccccc1)c1ccccc1. The Labute approximate surface area is 187 Å². The molecular formula is C25H33N2P3. The number of benzene rings is 3. The van der Waals surface area contributed by atoms with Gasteiger partial charge >= 0.3 is 0 Å². The average Bonchev–Trinajstić information content (AvgIpc) is 2.76. The van der Waals surface area contributed by atoms with Crippen molar-refractivity contribution in [3.05, 3.63) is 96.6 Å². The molecule has 0 aliphatic rings. The van der Waals surface area contributed by atoms with Gasteiger partial charge in [0.25, 0.3) is 0 Å². The molecule has 2 nitrogen and oxygen atoms in total. The quantitative estimate of drug-likeness (QED) is 0.330. The standard InChI is InChI=1S/C25H33N2P3/c1-21(2)26(20-23-14-8-5-9-15-23)30(28)27(22(3)4)29(24-16-10-6-11-17-24)25-18-12-7-13-19-25/h5-19,21-22H,20,28H2,1-4H3. The largest absolute Gasteiger partial charge is 0.260 e. The van der Waals surface area contributed by atoms with Gasteiger partial charge in [0.2, 0.25) is 0 Å². The van der Waals surface area contributed by atoms with Gasteiger partial charge in [-0.1, -0.05) is 99.9 Å². The highest BCUT2D eigenvalue weighted by Gasteiger charge is 2.33. The Morgan fingerprint density at radius 3 is 1.50 bits per heavy atom. The normalized spacial score (nSPS) is 13.0. The lowest BCUT2D eigenvalue weighted by molar-refractivity contribution is 0.363. The van der Waals surface area contributed by atoms with E-state index in [1.54, 1.807) is 0 Å². The predicted octanol–water partition coefficient (Wildman–Crippen LogP) is 6.76. The van der Waals surface area contributed by atoms with Crippen LogP contribution in [-0.4, -0.2) is 21.2 Å². The smallest absolute Gasteiger partial charge is 0.0632 e. The van der Waals surface area contributed by atoms with Crippen molar-refractivity contribution in [2.45, 2.75) is 46.3 Å². The molecule has 0 amide bonds. The number of nitrogens with zero attached hydrogens (tertiary/aromatic N) is 2. The maximum atomic E-state index is 3.22. The summed E-state index contributed by atoms with van der Waals surface area (Å²) in [6, 6.07) is 33.8. The highest BCUT2D eigenvalue weighted by atomic mass is 32.0. The Bertz CT molecular complexity index is 833. The van der Waals surface area contributed by atoms with Crippen molar-refractivity contribution in [1.29, 1.82) is 0 Å². The van der Waals surface area contributed by atoms with E-state index in [9.17, 15) is 0 Å². The van der Waals surface area contributed by atoms with Gasteiger partial charge in [0.15, 0.2) is 0 Å². The van der Waals surface area contributed by atoms with E-state index >= 15 is 0 Å². The highest BCUT2D eigenvalue weighted by Crippen LogP contribution is 2.64. The summed E-state index contributed by atoms with van der Waals surface area (Å²) < 4.78 is 5.40. The van der Waals surface area contributed by atoms with Crippen molar-refractivity contribution >= 4 is 35.5 Å². The minimum Gasteiger partial charge on any atom is -0.260 e. The summed E-state index contributed by atoms with van der Waals surface area (Å²) >= 11 is 0. The van der Waals surface area contributed by atoms with Crippen molar-refractivity contribution in [3.8, 4) is 0 Å². The van der Waals surface area contributed by atoms with E-state index in [2.05, 4.69) is 137 Å². The molecule has 0 aromatic heterocycles. The maximum Gasteiger partial charge on any atom is 0.0632 e. The first-order valence-corrected chi connectivity index (χ1v) is 14.7. The van der Waals surface area contributed by atoms with Gasteiger partial charge < -0.3 is 0 Å². The van der Waals surface area contributed by atoms with Crippen molar-refractivity contribution < 1.29 is 0 Å². The minimum absolute atomic E-state index is 0.428. The van der Waals surface area contributed by atoms with Gasteiger partial charge in [0.1, 0.15) is 0 Å². The van der Waals surface area contributed by atoms with Crippen LogP contribution >= 0.6 is 24.9 Å². The molecule has 0 N–H and O–H groups in total. The lowest BCUT2D eigenvalue weighted by Crippen LogP contribution is -2.35. The molecule has 0 fully saturated rings. The summed E-state index contributed by atoms with van der Waals surface area (Å²) in [6.45, 7) is 10.3.